The summed E-state index contributed by atoms with van der Waals surface area (Å²) in [5.41, 5.74) is 0.728. The molecule has 2 aliphatic rings. The highest BCUT2D eigenvalue weighted by molar-refractivity contribution is 7.99. The highest BCUT2D eigenvalue weighted by atomic mass is 32.2. The Morgan fingerprint density at radius 3 is 2.78 bits per heavy atom. The standard InChI is InChI=1S/C17H19N3OS2/c1-10-8-16(20-23-10)22-13-5-2-11(3-6-13)17(21)19-15-9-12-4-7-14(15)18-12/h2-3,5-6,8,12,14-15,18H,4,7,9H2,1H3,(H,19,21)/t12-,14+,15-/m1/s1. The summed E-state index contributed by atoms with van der Waals surface area (Å²) in [6, 6.07) is 11.2. The van der Waals surface area contributed by atoms with Gasteiger partial charge >= 0.3 is 0 Å². The van der Waals surface area contributed by atoms with Crippen LogP contribution >= 0.6 is 23.3 Å². The minimum atomic E-state index is 0.0328. The van der Waals surface area contributed by atoms with Crippen LogP contribution in [0.1, 0.15) is 34.5 Å². The average Bonchev–Trinajstić information content (AvgIpc) is 3.25. The molecule has 4 nitrogen and oxygen atoms in total. The van der Waals surface area contributed by atoms with Crippen molar-refractivity contribution in [1.29, 1.82) is 0 Å². The van der Waals surface area contributed by atoms with Gasteiger partial charge in [0, 0.05) is 33.5 Å². The smallest absolute Gasteiger partial charge is 0.251 e. The first-order valence-corrected chi connectivity index (χ1v) is 9.54. The fraction of sp³-hybridized carbons (Fsp3) is 0.412. The van der Waals surface area contributed by atoms with Crippen LogP contribution in [0.4, 0.5) is 0 Å². The van der Waals surface area contributed by atoms with E-state index in [1.54, 1.807) is 11.8 Å². The van der Waals surface area contributed by atoms with Crippen LogP contribution in [-0.4, -0.2) is 28.4 Å². The molecule has 3 heterocycles. The van der Waals surface area contributed by atoms with Gasteiger partial charge in [-0.1, -0.05) is 11.8 Å². The zero-order chi connectivity index (χ0) is 15.8. The van der Waals surface area contributed by atoms with E-state index in [1.807, 2.05) is 24.3 Å². The molecule has 2 bridgehead atoms. The first kappa shape index (κ1) is 15.2. The lowest BCUT2D eigenvalue weighted by molar-refractivity contribution is 0.0931. The minimum Gasteiger partial charge on any atom is -0.348 e. The van der Waals surface area contributed by atoms with E-state index in [-0.39, 0.29) is 11.9 Å². The molecule has 0 spiro atoms. The second-order valence-corrected chi connectivity index (χ2v) is 8.37. The number of aryl methyl sites for hydroxylation is 1. The number of carbonyl (C=O) groups is 1. The topological polar surface area (TPSA) is 54.0 Å². The Morgan fingerprint density at radius 1 is 1.35 bits per heavy atom. The number of benzene rings is 1. The second kappa shape index (κ2) is 6.26. The Balaban J connectivity index is 1.38. The SMILES string of the molecule is Cc1cc(Sc2ccc(C(=O)N[C@@H]3C[C@H]4CC[C@@H]3N4)cc2)ns1. The van der Waals surface area contributed by atoms with Crippen molar-refractivity contribution < 1.29 is 4.79 Å². The van der Waals surface area contributed by atoms with Crippen molar-refractivity contribution in [2.75, 3.05) is 0 Å². The predicted octanol–water partition coefficient (Wildman–Crippen LogP) is 3.23. The molecule has 2 aromatic rings. The number of nitrogens with zero attached hydrogens (tertiary/aromatic N) is 1. The molecule has 2 aliphatic heterocycles. The molecular formula is C17H19N3OS2. The molecule has 1 aromatic carbocycles. The summed E-state index contributed by atoms with van der Waals surface area (Å²) >= 11 is 3.14. The third-order valence-corrected chi connectivity index (χ3v) is 6.30. The maximum atomic E-state index is 12.4. The van der Waals surface area contributed by atoms with Crippen molar-refractivity contribution in [2.24, 2.45) is 0 Å². The quantitative estimate of drug-likeness (QED) is 0.893. The van der Waals surface area contributed by atoms with Crippen molar-refractivity contribution in [1.82, 2.24) is 15.0 Å². The molecule has 2 saturated heterocycles. The lowest BCUT2D eigenvalue weighted by Crippen LogP contribution is -2.42. The summed E-state index contributed by atoms with van der Waals surface area (Å²) in [6.45, 7) is 2.06. The third-order valence-electron chi connectivity index (χ3n) is 4.56. The molecule has 2 N–H and O–H groups in total. The van der Waals surface area contributed by atoms with E-state index in [2.05, 4.69) is 28.0 Å². The Bertz CT molecular complexity index is 713. The summed E-state index contributed by atoms with van der Waals surface area (Å²) in [5, 5.41) is 7.74. The lowest BCUT2D eigenvalue weighted by Gasteiger charge is -2.21. The molecule has 1 aromatic heterocycles. The summed E-state index contributed by atoms with van der Waals surface area (Å²) in [7, 11) is 0. The third kappa shape index (κ3) is 3.29. The molecule has 0 saturated carbocycles. The van der Waals surface area contributed by atoms with Gasteiger partial charge < -0.3 is 10.6 Å². The summed E-state index contributed by atoms with van der Waals surface area (Å²) < 4.78 is 4.38. The molecule has 6 heteroatoms. The van der Waals surface area contributed by atoms with Gasteiger partial charge in [0.15, 0.2) is 0 Å². The van der Waals surface area contributed by atoms with Gasteiger partial charge in [0.1, 0.15) is 5.03 Å². The Labute approximate surface area is 144 Å². The maximum Gasteiger partial charge on any atom is 0.251 e. The van der Waals surface area contributed by atoms with E-state index in [0.29, 0.717) is 12.1 Å². The van der Waals surface area contributed by atoms with Crippen LogP contribution in [-0.2, 0) is 0 Å². The van der Waals surface area contributed by atoms with Crippen LogP contribution < -0.4 is 10.6 Å². The van der Waals surface area contributed by atoms with Crippen molar-refractivity contribution in [3.05, 3.63) is 40.8 Å². The van der Waals surface area contributed by atoms with Gasteiger partial charge in [-0.2, -0.15) is 4.37 Å². The maximum absolute atomic E-state index is 12.4. The predicted molar refractivity (Wildman–Crippen MR) is 93.2 cm³/mol. The van der Waals surface area contributed by atoms with Gasteiger partial charge in [0.25, 0.3) is 5.91 Å². The number of rotatable bonds is 4. The van der Waals surface area contributed by atoms with E-state index in [0.717, 1.165) is 21.9 Å². The highest BCUT2D eigenvalue weighted by Crippen LogP contribution is 2.30. The second-order valence-electron chi connectivity index (χ2n) is 6.27. The number of hydrogen-bond donors (Lipinski definition) is 2. The molecule has 0 unspecified atom stereocenters. The van der Waals surface area contributed by atoms with Crippen molar-refractivity contribution in [2.45, 2.75) is 54.2 Å². The minimum absolute atomic E-state index is 0.0328. The fourth-order valence-corrected chi connectivity index (χ4v) is 4.96. The fourth-order valence-electron chi connectivity index (χ4n) is 3.42. The van der Waals surface area contributed by atoms with Crippen LogP contribution in [0.5, 0.6) is 0 Å². The first-order valence-electron chi connectivity index (χ1n) is 7.95. The number of nitrogens with one attached hydrogen (secondary N) is 2. The summed E-state index contributed by atoms with van der Waals surface area (Å²) in [4.78, 5) is 14.7. The van der Waals surface area contributed by atoms with Gasteiger partial charge in [0.05, 0.1) is 0 Å². The highest BCUT2D eigenvalue weighted by Gasteiger charge is 2.39. The molecule has 120 valence electrons. The van der Waals surface area contributed by atoms with Crippen LogP contribution in [0.25, 0.3) is 0 Å². The van der Waals surface area contributed by atoms with E-state index in [1.165, 1.54) is 29.3 Å². The number of fused-ring (bicyclic) bond motifs is 2. The molecule has 0 radical (unpaired) electrons. The first-order chi connectivity index (χ1) is 11.2. The average molecular weight is 345 g/mol. The van der Waals surface area contributed by atoms with Gasteiger partial charge in [-0.25, -0.2) is 0 Å². The van der Waals surface area contributed by atoms with Crippen LogP contribution in [0, 0.1) is 6.92 Å². The Morgan fingerprint density at radius 2 is 2.17 bits per heavy atom. The number of aromatic nitrogens is 1. The molecule has 4 rings (SSSR count). The number of hydrogen-bond acceptors (Lipinski definition) is 5. The van der Waals surface area contributed by atoms with E-state index in [4.69, 9.17) is 0 Å². The van der Waals surface area contributed by atoms with Gasteiger partial charge in [0.2, 0.25) is 0 Å². The van der Waals surface area contributed by atoms with Gasteiger partial charge in [-0.05, 0) is 68.1 Å². The summed E-state index contributed by atoms with van der Waals surface area (Å²) in [5.74, 6) is 0.0328. The van der Waals surface area contributed by atoms with Crippen molar-refractivity contribution in [3.8, 4) is 0 Å². The number of amides is 1. The van der Waals surface area contributed by atoms with Crippen molar-refractivity contribution >= 4 is 29.2 Å². The van der Waals surface area contributed by atoms with Gasteiger partial charge in [-0.3, -0.25) is 4.79 Å². The lowest BCUT2D eigenvalue weighted by atomic mass is 9.95. The molecule has 0 aliphatic carbocycles. The van der Waals surface area contributed by atoms with Crippen LogP contribution in [0.2, 0.25) is 0 Å². The normalized spacial score (nSPS) is 25.7. The number of carbonyl (C=O) groups excluding carboxylic acids is 1. The Kier molecular flexibility index (Phi) is 4.13. The van der Waals surface area contributed by atoms with Crippen LogP contribution in [0.3, 0.4) is 0 Å². The Hall–Kier alpha value is -1.37. The zero-order valence-electron chi connectivity index (χ0n) is 12.9. The zero-order valence-corrected chi connectivity index (χ0v) is 14.5. The van der Waals surface area contributed by atoms with E-state index in [9.17, 15) is 4.79 Å². The van der Waals surface area contributed by atoms with Crippen LogP contribution in [0.15, 0.2) is 40.3 Å². The molecular weight excluding hydrogens is 326 g/mol. The monoisotopic (exact) mass is 345 g/mol. The van der Waals surface area contributed by atoms with Crippen molar-refractivity contribution in [3.63, 3.8) is 0 Å². The van der Waals surface area contributed by atoms with E-state index < -0.39 is 0 Å². The summed E-state index contributed by atoms with van der Waals surface area (Å²) in [6.07, 6.45) is 3.49. The molecule has 3 atom stereocenters. The molecule has 2 fully saturated rings. The molecule has 1 amide bonds. The van der Waals surface area contributed by atoms with Gasteiger partial charge in [-0.15, -0.1) is 0 Å². The van der Waals surface area contributed by atoms with E-state index >= 15 is 0 Å². The largest absolute Gasteiger partial charge is 0.348 e. The molecule has 23 heavy (non-hydrogen) atoms.